The molecule has 0 spiro atoms. The second-order valence-electron chi connectivity index (χ2n) is 8.91. The topological polar surface area (TPSA) is 91.0 Å². The summed E-state index contributed by atoms with van der Waals surface area (Å²) in [5.41, 5.74) is 5.02. The van der Waals surface area contributed by atoms with Gasteiger partial charge in [-0.05, 0) is 73.8 Å². The summed E-state index contributed by atoms with van der Waals surface area (Å²) < 4.78 is 32.6. The van der Waals surface area contributed by atoms with E-state index in [1.165, 1.54) is 22.5 Å². The van der Waals surface area contributed by atoms with Crippen LogP contribution in [-0.2, 0) is 27.8 Å². The lowest BCUT2D eigenvalue weighted by Crippen LogP contribution is -2.34. The Morgan fingerprint density at radius 2 is 1.82 bits per heavy atom. The van der Waals surface area contributed by atoms with E-state index in [0.717, 1.165) is 25.2 Å². The van der Waals surface area contributed by atoms with Gasteiger partial charge in [0.25, 0.3) is 0 Å². The summed E-state index contributed by atoms with van der Waals surface area (Å²) in [5, 5.41) is 6.21. The molecule has 1 aliphatic heterocycles. The molecule has 0 bridgehead atoms. The van der Waals surface area contributed by atoms with Crippen molar-refractivity contribution in [2.24, 2.45) is 0 Å². The molecule has 2 aromatic rings. The Morgan fingerprint density at radius 3 is 2.50 bits per heavy atom. The van der Waals surface area contributed by atoms with Crippen LogP contribution >= 0.6 is 0 Å². The third-order valence-electron chi connectivity index (χ3n) is 6.18. The molecule has 1 amide bonds. The van der Waals surface area contributed by atoms with Gasteiger partial charge in [0.15, 0.2) is 0 Å². The molecule has 8 nitrogen and oxygen atoms in total. The molecule has 0 aliphatic carbocycles. The Kier molecular flexibility index (Phi) is 8.57. The summed E-state index contributed by atoms with van der Waals surface area (Å²) in [6.07, 6.45) is 1.17. The van der Waals surface area contributed by atoms with Crippen LogP contribution in [0.3, 0.4) is 0 Å². The van der Waals surface area contributed by atoms with Gasteiger partial charge in [-0.1, -0.05) is 6.07 Å². The van der Waals surface area contributed by atoms with E-state index in [9.17, 15) is 13.2 Å². The normalized spacial score (nSPS) is 14.1. The first-order valence-corrected chi connectivity index (χ1v) is 13.0. The summed E-state index contributed by atoms with van der Waals surface area (Å²) in [5.74, 6) is 0.436. The average Bonchev–Trinajstić information content (AvgIpc) is 2.79. The molecule has 0 radical (unpaired) electrons. The fourth-order valence-electron chi connectivity index (χ4n) is 4.28. The van der Waals surface area contributed by atoms with Crippen molar-refractivity contribution in [2.75, 3.05) is 52.7 Å². The molecule has 2 aromatic carbocycles. The van der Waals surface area contributed by atoms with E-state index in [2.05, 4.69) is 40.8 Å². The number of anilines is 1. The second kappa shape index (κ2) is 11.2. The largest absolute Gasteiger partial charge is 0.497 e. The zero-order chi connectivity index (χ0) is 24.9. The van der Waals surface area contributed by atoms with Crippen molar-refractivity contribution in [2.45, 2.75) is 38.1 Å². The molecule has 0 atom stereocenters. The number of carbonyl (C=O) groups excluding carboxylic acids is 1. The third-order valence-corrected chi connectivity index (χ3v) is 8.34. The van der Waals surface area contributed by atoms with E-state index in [1.807, 2.05) is 0 Å². The number of aryl methyl sites for hydroxylation is 2. The number of carbonyl (C=O) groups is 1. The molecule has 0 unspecified atom stereocenters. The highest BCUT2D eigenvalue weighted by atomic mass is 32.2. The van der Waals surface area contributed by atoms with Gasteiger partial charge in [-0.2, -0.15) is 0 Å². The average molecular weight is 489 g/mol. The zero-order valence-electron chi connectivity index (χ0n) is 20.8. The number of methoxy groups -OCH3 is 1. The molecule has 186 valence electrons. The molecule has 34 heavy (non-hydrogen) atoms. The van der Waals surface area contributed by atoms with Crippen LogP contribution in [0.25, 0.3) is 0 Å². The van der Waals surface area contributed by atoms with Crippen LogP contribution in [0.15, 0.2) is 35.2 Å². The SMILES string of the molecule is COc1cc(C)c(S(=O)(=O)N(C)CCC(=O)NCCNc2ccc3c(c2)CN(C)CC3)c(C)c1. The van der Waals surface area contributed by atoms with Crippen molar-refractivity contribution in [3.05, 3.63) is 52.6 Å². The van der Waals surface area contributed by atoms with E-state index in [0.29, 0.717) is 30.0 Å². The molecule has 3 rings (SSSR count). The summed E-state index contributed by atoms with van der Waals surface area (Å²) in [4.78, 5) is 14.9. The Labute approximate surface area is 203 Å². The number of ether oxygens (including phenoxy) is 1. The van der Waals surface area contributed by atoms with Gasteiger partial charge in [0, 0.05) is 51.9 Å². The minimum absolute atomic E-state index is 0.0924. The number of nitrogens with one attached hydrogen (secondary N) is 2. The van der Waals surface area contributed by atoms with Gasteiger partial charge in [0.2, 0.25) is 15.9 Å². The number of amides is 1. The molecule has 2 N–H and O–H groups in total. The Hall–Kier alpha value is -2.62. The van der Waals surface area contributed by atoms with Crippen molar-refractivity contribution in [1.29, 1.82) is 0 Å². The quantitative estimate of drug-likeness (QED) is 0.500. The monoisotopic (exact) mass is 488 g/mol. The van der Waals surface area contributed by atoms with E-state index in [-0.39, 0.29) is 23.8 Å². The lowest BCUT2D eigenvalue weighted by Gasteiger charge is -2.25. The maximum Gasteiger partial charge on any atom is 0.243 e. The number of fused-ring (bicyclic) bond motifs is 1. The predicted molar refractivity (Wildman–Crippen MR) is 135 cm³/mol. The van der Waals surface area contributed by atoms with Crippen LogP contribution in [0.5, 0.6) is 5.75 Å². The van der Waals surface area contributed by atoms with Gasteiger partial charge < -0.3 is 20.3 Å². The molecule has 9 heteroatoms. The van der Waals surface area contributed by atoms with Gasteiger partial charge in [-0.15, -0.1) is 0 Å². The first-order valence-electron chi connectivity index (χ1n) is 11.5. The summed E-state index contributed by atoms with van der Waals surface area (Å²) in [6.45, 7) is 6.69. The number of rotatable bonds is 10. The van der Waals surface area contributed by atoms with Crippen molar-refractivity contribution in [3.8, 4) is 5.75 Å². The predicted octanol–water partition coefficient (Wildman–Crippen LogP) is 2.54. The molecule has 1 aliphatic rings. The number of nitrogens with zero attached hydrogens (tertiary/aromatic N) is 2. The highest BCUT2D eigenvalue weighted by Crippen LogP contribution is 2.28. The lowest BCUT2D eigenvalue weighted by molar-refractivity contribution is -0.121. The summed E-state index contributed by atoms with van der Waals surface area (Å²) in [6, 6.07) is 9.83. The van der Waals surface area contributed by atoms with Crippen LogP contribution < -0.4 is 15.4 Å². The van der Waals surface area contributed by atoms with E-state index in [1.54, 1.807) is 33.1 Å². The minimum atomic E-state index is -3.71. The molecule has 0 saturated heterocycles. The standard InChI is InChI=1S/C25H36N4O4S/c1-18-14-23(33-5)15-19(2)25(18)34(31,32)29(4)13-9-24(30)27-11-10-26-22-7-6-20-8-12-28(3)17-21(20)16-22/h6-7,14-16,26H,8-13,17H2,1-5H3,(H,27,30). The molecule has 0 fully saturated rings. The fraction of sp³-hybridized carbons (Fsp3) is 0.480. The number of sulfonamides is 1. The molecule has 0 aromatic heterocycles. The highest BCUT2D eigenvalue weighted by Gasteiger charge is 2.25. The van der Waals surface area contributed by atoms with Crippen molar-refractivity contribution in [3.63, 3.8) is 0 Å². The molecule has 1 heterocycles. The Morgan fingerprint density at radius 1 is 1.12 bits per heavy atom. The second-order valence-corrected chi connectivity index (χ2v) is 10.9. The van der Waals surface area contributed by atoms with Crippen molar-refractivity contribution < 1.29 is 17.9 Å². The molecule has 0 saturated carbocycles. The number of likely N-dealkylation sites (N-methyl/N-ethyl adjacent to an activating group) is 1. The van der Waals surface area contributed by atoms with Crippen LogP contribution in [-0.4, -0.2) is 70.9 Å². The minimum Gasteiger partial charge on any atom is -0.497 e. The summed E-state index contributed by atoms with van der Waals surface area (Å²) in [7, 11) is 1.46. The number of benzene rings is 2. The van der Waals surface area contributed by atoms with E-state index >= 15 is 0 Å². The van der Waals surface area contributed by atoms with Gasteiger partial charge in [0.05, 0.1) is 12.0 Å². The van der Waals surface area contributed by atoms with E-state index < -0.39 is 10.0 Å². The highest BCUT2D eigenvalue weighted by molar-refractivity contribution is 7.89. The smallest absolute Gasteiger partial charge is 0.243 e. The first-order chi connectivity index (χ1) is 16.1. The Balaban J connectivity index is 1.46. The molecular weight excluding hydrogens is 452 g/mol. The van der Waals surface area contributed by atoms with E-state index in [4.69, 9.17) is 4.74 Å². The lowest BCUT2D eigenvalue weighted by atomic mass is 9.99. The van der Waals surface area contributed by atoms with Crippen LogP contribution in [0.4, 0.5) is 5.69 Å². The maximum atomic E-state index is 13.1. The Bertz CT molecular complexity index is 1110. The van der Waals surface area contributed by atoms with Crippen LogP contribution in [0, 0.1) is 13.8 Å². The fourth-order valence-corrected chi connectivity index (χ4v) is 5.85. The summed E-state index contributed by atoms with van der Waals surface area (Å²) >= 11 is 0. The van der Waals surface area contributed by atoms with Gasteiger partial charge in [0.1, 0.15) is 5.75 Å². The molecular formula is C25H36N4O4S. The number of hydrogen-bond acceptors (Lipinski definition) is 6. The van der Waals surface area contributed by atoms with Gasteiger partial charge in [-0.3, -0.25) is 4.79 Å². The number of hydrogen-bond donors (Lipinski definition) is 2. The maximum absolute atomic E-state index is 13.1. The third kappa shape index (κ3) is 6.28. The van der Waals surface area contributed by atoms with Crippen molar-refractivity contribution in [1.82, 2.24) is 14.5 Å². The van der Waals surface area contributed by atoms with Crippen LogP contribution in [0.2, 0.25) is 0 Å². The zero-order valence-corrected chi connectivity index (χ0v) is 21.6. The first kappa shape index (κ1) is 26.0. The van der Waals surface area contributed by atoms with Gasteiger partial charge in [-0.25, -0.2) is 12.7 Å². The van der Waals surface area contributed by atoms with Crippen LogP contribution in [0.1, 0.15) is 28.7 Å². The van der Waals surface area contributed by atoms with Gasteiger partial charge >= 0.3 is 0 Å². The van der Waals surface area contributed by atoms with Crippen molar-refractivity contribution >= 4 is 21.6 Å².